The SMILES string of the molecule is Cc1cnc(CNC(=O)CCc2c(C)nc(-c3ccccc3)[nH]c2=O)s1. The van der Waals surface area contributed by atoms with Gasteiger partial charge in [-0.15, -0.1) is 11.3 Å². The van der Waals surface area contributed by atoms with E-state index in [4.69, 9.17) is 0 Å². The van der Waals surface area contributed by atoms with Crippen molar-refractivity contribution >= 4 is 17.2 Å². The smallest absolute Gasteiger partial charge is 0.254 e. The molecule has 2 heterocycles. The highest BCUT2D eigenvalue weighted by Gasteiger charge is 2.12. The molecule has 1 amide bonds. The molecule has 26 heavy (non-hydrogen) atoms. The number of hydrogen-bond donors (Lipinski definition) is 2. The van der Waals surface area contributed by atoms with E-state index in [1.807, 2.05) is 37.3 Å². The van der Waals surface area contributed by atoms with Gasteiger partial charge in [-0.2, -0.15) is 0 Å². The largest absolute Gasteiger partial charge is 0.350 e. The summed E-state index contributed by atoms with van der Waals surface area (Å²) in [6, 6.07) is 9.49. The Kier molecular flexibility index (Phi) is 5.58. The maximum atomic E-state index is 12.4. The topological polar surface area (TPSA) is 87.7 Å². The van der Waals surface area contributed by atoms with Crippen LogP contribution in [0.5, 0.6) is 0 Å². The van der Waals surface area contributed by atoms with E-state index in [2.05, 4.69) is 20.3 Å². The number of thiazole rings is 1. The molecule has 134 valence electrons. The van der Waals surface area contributed by atoms with E-state index in [0.717, 1.165) is 15.4 Å². The van der Waals surface area contributed by atoms with Gasteiger partial charge in [-0.3, -0.25) is 9.59 Å². The molecular weight excluding hydrogens is 348 g/mol. The van der Waals surface area contributed by atoms with Crippen molar-refractivity contribution in [2.75, 3.05) is 0 Å². The molecule has 0 aliphatic heterocycles. The zero-order valence-electron chi connectivity index (χ0n) is 14.7. The Morgan fingerprint density at radius 3 is 2.65 bits per heavy atom. The fraction of sp³-hybridized carbons (Fsp3) is 0.263. The first kappa shape index (κ1) is 18.0. The second-order valence-corrected chi connectivity index (χ2v) is 7.31. The number of rotatable bonds is 6. The summed E-state index contributed by atoms with van der Waals surface area (Å²) in [7, 11) is 0. The molecule has 0 bridgehead atoms. The third-order valence-electron chi connectivity index (χ3n) is 3.98. The molecule has 6 nitrogen and oxygen atoms in total. The van der Waals surface area contributed by atoms with Crippen LogP contribution in [0.2, 0.25) is 0 Å². The molecule has 0 aliphatic carbocycles. The molecule has 2 aromatic heterocycles. The summed E-state index contributed by atoms with van der Waals surface area (Å²) in [6.07, 6.45) is 2.38. The van der Waals surface area contributed by atoms with Crippen molar-refractivity contribution in [2.45, 2.75) is 33.2 Å². The summed E-state index contributed by atoms with van der Waals surface area (Å²) in [4.78, 5) is 37.1. The van der Waals surface area contributed by atoms with Crippen LogP contribution in [0.25, 0.3) is 11.4 Å². The first-order valence-electron chi connectivity index (χ1n) is 8.36. The molecule has 0 saturated carbocycles. The fourth-order valence-electron chi connectivity index (χ4n) is 2.62. The van der Waals surface area contributed by atoms with Gasteiger partial charge in [-0.05, 0) is 20.3 Å². The van der Waals surface area contributed by atoms with Crippen LogP contribution < -0.4 is 10.9 Å². The Bertz CT molecular complexity index is 963. The van der Waals surface area contributed by atoms with Crippen molar-refractivity contribution in [3.63, 3.8) is 0 Å². The lowest BCUT2D eigenvalue weighted by Crippen LogP contribution is -2.25. The number of nitrogens with one attached hydrogen (secondary N) is 2. The lowest BCUT2D eigenvalue weighted by molar-refractivity contribution is -0.121. The number of aromatic nitrogens is 3. The van der Waals surface area contributed by atoms with Gasteiger partial charge in [-0.25, -0.2) is 9.97 Å². The van der Waals surface area contributed by atoms with Gasteiger partial charge in [0, 0.05) is 34.3 Å². The number of H-pyrrole nitrogens is 1. The van der Waals surface area contributed by atoms with Crippen molar-refractivity contribution in [2.24, 2.45) is 0 Å². The number of carbonyl (C=O) groups excluding carboxylic acids is 1. The van der Waals surface area contributed by atoms with Crippen LogP contribution in [0.15, 0.2) is 41.3 Å². The molecule has 3 aromatic rings. The Morgan fingerprint density at radius 1 is 1.23 bits per heavy atom. The number of nitrogens with zero attached hydrogens (tertiary/aromatic N) is 2. The van der Waals surface area contributed by atoms with Crippen molar-refractivity contribution < 1.29 is 4.79 Å². The molecule has 2 N–H and O–H groups in total. The summed E-state index contributed by atoms with van der Waals surface area (Å²) in [5.41, 5.74) is 1.86. The summed E-state index contributed by atoms with van der Waals surface area (Å²) >= 11 is 1.56. The van der Waals surface area contributed by atoms with Crippen LogP contribution in [0.1, 0.15) is 27.6 Å². The molecule has 0 atom stereocenters. The van der Waals surface area contributed by atoms with E-state index < -0.39 is 0 Å². The van der Waals surface area contributed by atoms with Gasteiger partial charge in [-0.1, -0.05) is 30.3 Å². The zero-order chi connectivity index (χ0) is 18.5. The molecule has 0 aliphatic rings. The molecule has 0 fully saturated rings. The third-order valence-corrected chi connectivity index (χ3v) is 4.89. The molecule has 0 radical (unpaired) electrons. The fourth-order valence-corrected chi connectivity index (χ4v) is 3.35. The molecule has 7 heteroatoms. The summed E-state index contributed by atoms with van der Waals surface area (Å²) in [5.74, 6) is 0.434. The first-order chi connectivity index (χ1) is 12.5. The highest BCUT2D eigenvalue weighted by Crippen LogP contribution is 2.14. The molecular formula is C19H20N4O2S. The molecule has 0 unspecified atom stereocenters. The van der Waals surface area contributed by atoms with Crippen molar-refractivity contribution in [1.82, 2.24) is 20.3 Å². The number of hydrogen-bond acceptors (Lipinski definition) is 5. The van der Waals surface area contributed by atoms with Gasteiger partial charge < -0.3 is 10.3 Å². The minimum absolute atomic E-state index is 0.108. The number of aryl methyl sites for hydroxylation is 2. The van der Waals surface area contributed by atoms with Crippen molar-refractivity contribution in [3.8, 4) is 11.4 Å². The second-order valence-electron chi connectivity index (χ2n) is 5.99. The van der Waals surface area contributed by atoms with E-state index in [0.29, 0.717) is 30.0 Å². The predicted octanol–water partition coefficient (Wildman–Crippen LogP) is 2.76. The van der Waals surface area contributed by atoms with Crippen LogP contribution in [0, 0.1) is 13.8 Å². The number of carbonyl (C=O) groups is 1. The summed E-state index contributed by atoms with van der Waals surface area (Å²) in [5, 5.41) is 3.71. The molecule has 0 saturated heterocycles. The van der Waals surface area contributed by atoms with E-state index in [1.54, 1.807) is 24.5 Å². The number of benzene rings is 1. The first-order valence-corrected chi connectivity index (χ1v) is 9.18. The van der Waals surface area contributed by atoms with Crippen LogP contribution in [-0.4, -0.2) is 20.9 Å². The lowest BCUT2D eigenvalue weighted by Gasteiger charge is -2.08. The van der Waals surface area contributed by atoms with Gasteiger partial charge in [0.25, 0.3) is 5.56 Å². The second kappa shape index (κ2) is 8.05. The molecule has 1 aromatic carbocycles. The van der Waals surface area contributed by atoms with E-state index in [9.17, 15) is 9.59 Å². The van der Waals surface area contributed by atoms with Gasteiger partial charge >= 0.3 is 0 Å². The molecule has 3 rings (SSSR count). The van der Waals surface area contributed by atoms with Gasteiger partial charge in [0.1, 0.15) is 10.8 Å². The lowest BCUT2D eigenvalue weighted by atomic mass is 10.1. The maximum absolute atomic E-state index is 12.4. The van der Waals surface area contributed by atoms with E-state index >= 15 is 0 Å². The summed E-state index contributed by atoms with van der Waals surface area (Å²) < 4.78 is 0. The monoisotopic (exact) mass is 368 g/mol. The van der Waals surface area contributed by atoms with Gasteiger partial charge in [0.05, 0.1) is 6.54 Å². The van der Waals surface area contributed by atoms with Crippen molar-refractivity contribution in [3.05, 3.63) is 68.0 Å². The Labute approximate surface area is 155 Å². The maximum Gasteiger partial charge on any atom is 0.254 e. The Morgan fingerprint density at radius 2 is 2.00 bits per heavy atom. The third kappa shape index (κ3) is 4.43. The quantitative estimate of drug-likeness (QED) is 0.700. The van der Waals surface area contributed by atoms with Gasteiger partial charge in [0.2, 0.25) is 5.91 Å². The highest BCUT2D eigenvalue weighted by molar-refractivity contribution is 7.11. The van der Waals surface area contributed by atoms with Crippen LogP contribution >= 0.6 is 11.3 Å². The van der Waals surface area contributed by atoms with Gasteiger partial charge in [0.15, 0.2) is 0 Å². The summed E-state index contributed by atoms with van der Waals surface area (Å²) in [6.45, 7) is 4.19. The molecule has 0 spiro atoms. The standard InChI is InChI=1S/C19H20N4O2S/c1-12-10-21-17(26-12)11-20-16(24)9-8-15-13(2)22-18(23-19(15)25)14-6-4-3-5-7-14/h3-7,10H,8-9,11H2,1-2H3,(H,20,24)(H,22,23,25). The number of amides is 1. The predicted molar refractivity (Wildman–Crippen MR) is 102 cm³/mol. The average molecular weight is 368 g/mol. The minimum atomic E-state index is -0.195. The van der Waals surface area contributed by atoms with Crippen molar-refractivity contribution in [1.29, 1.82) is 0 Å². The van der Waals surface area contributed by atoms with E-state index in [-0.39, 0.29) is 17.9 Å². The normalized spacial score (nSPS) is 10.7. The minimum Gasteiger partial charge on any atom is -0.350 e. The number of aromatic amines is 1. The van der Waals surface area contributed by atoms with Crippen LogP contribution in [0.4, 0.5) is 0 Å². The highest BCUT2D eigenvalue weighted by atomic mass is 32.1. The zero-order valence-corrected chi connectivity index (χ0v) is 15.5. The van der Waals surface area contributed by atoms with Crippen LogP contribution in [-0.2, 0) is 17.8 Å². The van der Waals surface area contributed by atoms with Crippen LogP contribution in [0.3, 0.4) is 0 Å². The Hall–Kier alpha value is -2.80. The van der Waals surface area contributed by atoms with E-state index in [1.165, 1.54) is 0 Å². The average Bonchev–Trinajstić information content (AvgIpc) is 3.05. The Balaban J connectivity index is 1.62.